The predicted molar refractivity (Wildman–Crippen MR) is 123 cm³/mol. The first-order valence-electron chi connectivity index (χ1n) is 10.6. The second-order valence-electron chi connectivity index (χ2n) is 9.28. The van der Waals surface area contributed by atoms with Crippen molar-refractivity contribution in [3.8, 4) is 6.07 Å². The van der Waals surface area contributed by atoms with E-state index in [-0.39, 0.29) is 16.9 Å². The number of fused-ring (bicyclic) bond motifs is 4. The lowest BCUT2D eigenvalue weighted by molar-refractivity contribution is -0.384. The fourth-order valence-corrected chi connectivity index (χ4v) is 5.02. The van der Waals surface area contributed by atoms with Crippen LogP contribution in [0.25, 0.3) is 0 Å². The van der Waals surface area contributed by atoms with Gasteiger partial charge in [0.2, 0.25) is 0 Å². The smallest absolute Gasteiger partial charge is 0.269 e. The number of carbonyl (C=O) groups excluding carboxylic acids is 1. The number of nitro groups is 1. The predicted octanol–water partition coefficient (Wildman–Crippen LogP) is 4.30. The van der Waals surface area contributed by atoms with E-state index in [2.05, 4.69) is 11.1 Å². The van der Waals surface area contributed by atoms with Crippen molar-refractivity contribution in [3.05, 3.63) is 92.4 Å². The van der Waals surface area contributed by atoms with Crippen molar-refractivity contribution in [1.82, 2.24) is 0 Å². The van der Waals surface area contributed by atoms with Crippen LogP contribution >= 0.6 is 0 Å². The molecule has 8 heteroatoms. The molecule has 0 aromatic heterocycles. The van der Waals surface area contributed by atoms with Crippen LogP contribution in [0.4, 0.5) is 11.4 Å². The molecule has 2 aromatic rings. The molecule has 3 aliphatic rings. The molecule has 2 aliphatic heterocycles. The van der Waals surface area contributed by atoms with Gasteiger partial charge in [-0.15, -0.1) is 0 Å². The number of nitrogens with two attached hydrogens (primary N) is 1. The second-order valence-corrected chi connectivity index (χ2v) is 9.28. The van der Waals surface area contributed by atoms with Crippen molar-refractivity contribution >= 4 is 23.0 Å². The number of para-hydroxylation sites is 1. The molecule has 5 rings (SSSR count). The van der Waals surface area contributed by atoms with Crippen LogP contribution in [-0.2, 0) is 4.79 Å². The highest BCUT2D eigenvalue weighted by atomic mass is 16.6. The number of hydrogen-bond donors (Lipinski definition) is 1. The number of ketones is 1. The van der Waals surface area contributed by atoms with Crippen LogP contribution in [0.5, 0.6) is 0 Å². The lowest BCUT2D eigenvalue weighted by Gasteiger charge is -2.45. The number of allylic oxidation sites excluding steroid dienone is 3. The zero-order chi connectivity index (χ0) is 23.5. The summed E-state index contributed by atoms with van der Waals surface area (Å²) in [5.74, 6) is 0.0117. The summed E-state index contributed by atoms with van der Waals surface area (Å²) in [5, 5.41) is 21.4. The maximum atomic E-state index is 13.5. The number of carbonyl (C=O) groups is 1. The number of anilines is 1. The maximum absolute atomic E-state index is 13.5. The van der Waals surface area contributed by atoms with E-state index in [1.807, 2.05) is 43.0 Å². The first kappa shape index (κ1) is 20.6. The fourth-order valence-electron chi connectivity index (χ4n) is 5.02. The van der Waals surface area contributed by atoms with Gasteiger partial charge in [-0.25, -0.2) is 4.99 Å². The van der Waals surface area contributed by atoms with Gasteiger partial charge < -0.3 is 5.73 Å². The molecule has 0 saturated carbocycles. The first-order chi connectivity index (χ1) is 15.7. The number of Topliss-reactive ketones (excluding diaryl/α,β-unsaturated/α-hetero) is 1. The van der Waals surface area contributed by atoms with Crippen molar-refractivity contribution in [2.45, 2.75) is 32.6 Å². The van der Waals surface area contributed by atoms with E-state index in [1.54, 1.807) is 12.1 Å². The van der Waals surface area contributed by atoms with Gasteiger partial charge >= 0.3 is 0 Å². The number of amidine groups is 1. The molecule has 0 fully saturated rings. The Morgan fingerprint density at radius 1 is 1.18 bits per heavy atom. The first-order valence-corrected chi connectivity index (χ1v) is 10.6. The minimum absolute atomic E-state index is 0.0311. The number of nitro benzene ring substituents is 1. The highest BCUT2D eigenvalue weighted by Crippen LogP contribution is 2.52. The zero-order valence-corrected chi connectivity index (χ0v) is 18.2. The highest BCUT2D eigenvalue weighted by molar-refractivity contribution is 6.08. The van der Waals surface area contributed by atoms with Crippen LogP contribution in [0.2, 0.25) is 0 Å². The summed E-state index contributed by atoms with van der Waals surface area (Å²) >= 11 is 0. The quantitative estimate of drug-likeness (QED) is 0.549. The normalized spacial score (nSPS) is 21.0. The molecule has 1 aliphatic carbocycles. The third-order valence-corrected chi connectivity index (χ3v) is 6.40. The van der Waals surface area contributed by atoms with E-state index < -0.39 is 10.8 Å². The molecular formula is C25H21N5O3. The molecule has 164 valence electrons. The molecular weight excluding hydrogens is 418 g/mol. The van der Waals surface area contributed by atoms with E-state index in [0.717, 1.165) is 16.9 Å². The number of benzene rings is 2. The third-order valence-electron chi connectivity index (χ3n) is 6.40. The monoisotopic (exact) mass is 439 g/mol. The maximum Gasteiger partial charge on any atom is 0.269 e. The van der Waals surface area contributed by atoms with Gasteiger partial charge in [0.15, 0.2) is 11.6 Å². The molecule has 0 amide bonds. The standard InChI is InChI=1S/C25H21N5O3/c1-25(2)11-19-22(20(31)12-25)21(14-7-9-15(10-8-14)30(32)33)17(13-26)24-28-23(27)16-5-3-4-6-18(16)29(19)24/h3-10,21H,11-12H2,1-2H3,(H2,27,28). The summed E-state index contributed by atoms with van der Waals surface area (Å²) in [7, 11) is 0. The molecule has 0 spiro atoms. The van der Waals surface area contributed by atoms with Crippen LogP contribution in [-0.4, -0.2) is 16.5 Å². The molecule has 2 heterocycles. The summed E-state index contributed by atoms with van der Waals surface area (Å²) < 4.78 is 0. The second kappa shape index (κ2) is 7.14. The van der Waals surface area contributed by atoms with Gasteiger partial charge in [0.1, 0.15) is 5.84 Å². The Morgan fingerprint density at radius 3 is 2.55 bits per heavy atom. The number of hydrogen-bond acceptors (Lipinski definition) is 7. The number of nitrogens with zero attached hydrogens (tertiary/aromatic N) is 4. The lowest BCUT2D eigenvalue weighted by atomic mass is 9.68. The van der Waals surface area contributed by atoms with Crippen molar-refractivity contribution in [2.24, 2.45) is 16.1 Å². The van der Waals surface area contributed by atoms with Crippen molar-refractivity contribution in [1.29, 1.82) is 5.26 Å². The van der Waals surface area contributed by atoms with Gasteiger partial charge in [-0.05, 0) is 29.5 Å². The van der Waals surface area contributed by atoms with Gasteiger partial charge in [-0.2, -0.15) is 5.26 Å². The van der Waals surface area contributed by atoms with E-state index in [9.17, 15) is 20.2 Å². The Hall–Kier alpha value is -4.25. The Bertz CT molecular complexity index is 1360. The Balaban J connectivity index is 1.81. The van der Waals surface area contributed by atoms with Crippen molar-refractivity contribution < 1.29 is 9.72 Å². The van der Waals surface area contributed by atoms with E-state index in [0.29, 0.717) is 41.2 Å². The molecule has 0 radical (unpaired) electrons. The van der Waals surface area contributed by atoms with Crippen LogP contribution in [0.3, 0.4) is 0 Å². The number of nitriles is 1. The minimum Gasteiger partial charge on any atom is -0.383 e. The molecule has 2 N–H and O–H groups in total. The SMILES string of the molecule is CC1(C)CC(=O)C2=C(C1)N1C(=C(C#N)C2c2ccc([N+](=O)[O-])cc2)N=C(N)c2ccccc21. The summed E-state index contributed by atoms with van der Waals surface area (Å²) in [5.41, 5.74) is 9.77. The topological polar surface area (TPSA) is 126 Å². The number of aliphatic imine (C=N–C) groups is 1. The molecule has 8 nitrogen and oxygen atoms in total. The number of non-ortho nitro benzene ring substituents is 1. The minimum atomic E-state index is -0.664. The molecule has 33 heavy (non-hydrogen) atoms. The van der Waals surface area contributed by atoms with E-state index >= 15 is 0 Å². The molecule has 1 unspecified atom stereocenters. The molecule has 1 atom stereocenters. The van der Waals surface area contributed by atoms with Crippen LogP contribution in [0, 0.1) is 26.9 Å². The molecule has 2 aromatic carbocycles. The van der Waals surface area contributed by atoms with Gasteiger partial charge in [-0.3, -0.25) is 19.8 Å². The van der Waals surface area contributed by atoms with E-state index in [1.165, 1.54) is 12.1 Å². The Kier molecular flexibility index (Phi) is 4.46. The average molecular weight is 439 g/mol. The van der Waals surface area contributed by atoms with Crippen molar-refractivity contribution in [2.75, 3.05) is 4.90 Å². The summed E-state index contributed by atoms with van der Waals surface area (Å²) in [6.07, 6.45) is 0.966. The fraction of sp³-hybridized carbons (Fsp3) is 0.240. The third kappa shape index (κ3) is 3.12. The molecule has 0 bridgehead atoms. The summed E-state index contributed by atoms with van der Waals surface area (Å²) in [6.45, 7) is 4.10. The van der Waals surface area contributed by atoms with Gasteiger partial charge in [0.05, 0.1) is 28.2 Å². The van der Waals surface area contributed by atoms with Crippen LogP contribution in [0.1, 0.15) is 43.7 Å². The highest BCUT2D eigenvalue weighted by Gasteiger charge is 2.46. The van der Waals surface area contributed by atoms with Crippen LogP contribution in [0.15, 0.2) is 76.2 Å². The summed E-state index contributed by atoms with van der Waals surface area (Å²) in [4.78, 5) is 30.7. The van der Waals surface area contributed by atoms with Gasteiger partial charge in [-0.1, -0.05) is 38.1 Å². The average Bonchev–Trinajstić information content (AvgIpc) is 2.77. The van der Waals surface area contributed by atoms with Gasteiger partial charge in [0, 0.05) is 35.4 Å². The molecule has 0 saturated heterocycles. The largest absolute Gasteiger partial charge is 0.383 e. The lowest BCUT2D eigenvalue weighted by Crippen LogP contribution is -2.42. The van der Waals surface area contributed by atoms with Gasteiger partial charge in [0.25, 0.3) is 5.69 Å². The van der Waals surface area contributed by atoms with E-state index in [4.69, 9.17) is 5.73 Å². The number of rotatable bonds is 2. The Labute approximate surface area is 190 Å². The Morgan fingerprint density at radius 2 is 1.88 bits per heavy atom. The van der Waals surface area contributed by atoms with Crippen LogP contribution < -0.4 is 10.6 Å². The summed E-state index contributed by atoms with van der Waals surface area (Å²) in [6, 6.07) is 15.8. The van der Waals surface area contributed by atoms with Crippen molar-refractivity contribution in [3.63, 3.8) is 0 Å². The zero-order valence-electron chi connectivity index (χ0n) is 18.2.